The molecule has 0 N–H and O–H groups in total. The minimum absolute atomic E-state index is 0.587. The molecule has 1 aliphatic rings. The van der Waals surface area contributed by atoms with Crippen molar-refractivity contribution in [3.8, 4) is 0 Å². The van der Waals surface area contributed by atoms with Crippen LogP contribution in [0.15, 0.2) is 38.2 Å². The van der Waals surface area contributed by atoms with Gasteiger partial charge in [0.15, 0.2) is 0 Å². The van der Waals surface area contributed by atoms with E-state index in [2.05, 4.69) is 86.6 Å². The fourth-order valence-corrected chi connectivity index (χ4v) is 7.34. The van der Waals surface area contributed by atoms with Crippen LogP contribution in [0.2, 0.25) is 0 Å². The van der Waals surface area contributed by atoms with Crippen molar-refractivity contribution in [2.24, 2.45) is 0 Å². The van der Waals surface area contributed by atoms with Gasteiger partial charge in [-0.1, -0.05) is 0 Å². The number of fused-ring (bicyclic) bond motifs is 1. The first-order valence-electron chi connectivity index (χ1n) is 9.60. The molecule has 1 aliphatic carbocycles. The van der Waals surface area contributed by atoms with Crippen LogP contribution in [-0.2, 0) is 23.2 Å². The van der Waals surface area contributed by atoms with Gasteiger partial charge in [-0.25, -0.2) is 0 Å². The molecule has 1 heteroatoms. The molecule has 1 aromatic carbocycles. The second kappa shape index (κ2) is 8.34. The Labute approximate surface area is 167 Å². The van der Waals surface area contributed by atoms with Crippen molar-refractivity contribution < 1.29 is 23.2 Å². The molecule has 0 amide bonds. The van der Waals surface area contributed by atoms with E-state index in [9.17, 15) is 0 Å². The predicted octanol–water partition coefficient (Wildman–Crippen LogP) is 7.73. The Kier molecular flexibility index (Phi) is 6.89. The molecule has 1 unspecified atom stereocenters. The summed E-state index contributed by atoms with van der Waals surface area (Å²) >= 11 is -0.687. The van der Waals surface area contributed by atoms with Crippen molar-refractivity contribution in [2.45, 2.75) is 77.8 Å². The van der Waals surface area contributed by atoms with E-state index < -0.39 is 23.2 Å². The third-order valence-corrected chi connectivity index (χ3v) is 10.2. The second-order valence-corrected chi connectivity index (χ2v) is 12.1. The Bertz CT molecular complexity index is 742. The molecular formula is C24H34Zr. The summed E-state index contributed by atoms with van der Waals surface area (Å²) in [5.41, 5.74) is 10.8. The van der Waals surface area contributed by atoms with Gasteiger partial charge in [-0.2, -0.15) is 0 Å². The monoisotopic (exact) mass is 412 g/mol. The summed E-state index contributed by atoms with van der Waals surface area (Å²) in [6, 6.07) is 4.98. The van der Waals surface area contributed by atoms with Gasteiger partial charge in [0, 0.05) is 0 Å². The van der Waals surface area contributed by atoms with Crippen LogP contribution >= 0.6 is 0 Å². The molecule has 0 heterocycles. The van der Waals surface area contributed by atoms with E-state index in [4.69, 9.17) is 0 Å². The van der Waals surface area contributed by atoms with Crippen molar-refractivity contribution in [1.82, 2.24) is 0 Å². The molecule has 0 bridgehead atoms. The summed E-state index contributed by atoms with van der Waals surface area (Å²) in [5, 5.41) is 0. The minimum atomic E-state index is -0.687. The van der Waals surface area contributed by atoms with Gasteiger partial charge in [0.05, 0.1) is 0 Å². The van der Waals surface area contributed by atoms with Gasteiger partial charge in [-0.05, 0) is 0 Å². The fraction of sp³-hybridized carbons (Fsp3) is 0.500. The van der Waals surface area contributed by atoms with E-state index in [0.717, 1.165) is 0 Å². The Morgan fingerprint density at radius 1 is 1.04 bits per heavy atom. The van der Waals surface area contributed by atoms with Crippen LogP contribution in [0.1, 0.15) is 100 Å². The van der Waals surface area contributed by atoms with Crippen LogP contribution in [0.25, 0.3) is 6.08 Å². The zero-order valence-electron chi connectivity index (χ0n) is 17.5. The molecule has 0 saturated carbocycles. The summed E-state index contributed by atoms with van der Waals surface area (Å²) in [5.74, 6) is 1.18. The summed E-state index contributed by atoms with van der Waals surface area (Å²) in [6.45, 7) is 20.8. The van der Waals surface area contributed by atoms with E-state index in [0.29, 0.717) is 15.5 Å². The fourth-order valence-electron chi connectivity index (χ4n) is 3.52. The van der Waals surface area contributed by atoms with Gasteiger partial charge in [0.2, 0.25) is 0 Å². The van der Waals surface area contributed by atoms with Crippen molar-refractivity contribution in [3.63, 3.8) is 0 Å². The molecule has 0 saturated heterocycles. The Morgan fingerprint density at radius 3 is 2.20 bits per heavy atom. The summed E-state index contributed by atoms with van der Waals surface area (Å²) in [7, 11) is 0. The van der Waals surface area contributed by atoms with Crippen molar-refractivity contribution >= 4 is 6.08 Å². The van der Waals surface area contributed by atoms with Gasteiger partial charge in [-0.15, -0.1) is 0 Å². The molecule has 0 nitrogen and oxygen atoms in total. The first-order chi connectivity index (χ1) is 11.7. The van der Waals surface area contributed by atoms with Crippen LogP contribution in [0.5, 0.6) is 0 Å². The molecule has 0 fully saturated rings. The molecule has 2 rings (SSSR count). The maximum absolute atomic E-state index is 2.52. The normalized spacial score (nSPS) is 18.4. The average Bonchev–Trinajstić information content (AvgIpc) is 2.87. The van der Waals surface area contributed by atoms with E-state index in [1.807, 2.05) is 0 Å². The van der Waals surface area contributed by atoms with Crippen LogP contribution < -0.4 is 0 Å². The topological polar surface area (TPSA) is 0 Å². The van der Waals surface area contributed by atoms with Gasteiger partial charge in [0.1, 0.15) is 0 Å². The molecular weight excluding hydrogens is 379 g/mol. The Hall–Kier alpha value is -0.677. The summed E-state index contributed by atoms with van der Waals surface area (Å²) < 4.78 is 2.39. The number of rotatable bonds is 5. The van der Waals surface area contributed by atoms with E-state index in [1.165, 1.54) is 22.3 Å². The molecule has 25 heavy (non-hydrogen) atoms. The van der Waals surface area contributed by atoms with Crippen molar-refractivity contribution in [3.05, 3.63) is 60.5 Å². The molecule has 1 aromatic rings. The number of allylic oxidation sites excluding steroid dienone is 5. The SMILES string of the molecule is C/C=C(C)/C(C)=[C](\C)[Zr][CH]1C(C)=Cc2c(C(C)C)cc(C(C)C)cc21. The number of hydrogen-bond acceptors (Lipinski definition) is 0. The molecule has 0 radical (unpaired) electrons. The van der Waals surface area contributed by atoms with Crippen molar-refractivity contribution in [1.29, 1.82) is 0 Å². The zero-order valence-corrected chi connectivity index (χ0v) is 20.0. The molecule has 0 spiro atoms. The quantitative estimate of drug-likeness (QED) is 0.433. The first kappa shape index (κ1) is 20.6. The van der Waals surface area contributed by atoms with Crippen molar-refractivity contribution in [2.75, 3.05) is 0 Å². The van der Waals surface area contributed by atoms with E-state index >= 15 is 0 Å². The van der Waals surface area contributed by atoms with Crippen LogP contribution in [0.3, 0.4) is 0 Å². The van der Waals surface area contributed by atoms with Crippen LogP contribution in [0, 0.1) is 0 Å². The number of benzene rings is 1. The zero-order chi connectivity index (χ0) is 18.9. The van der Waals surface area contributed by atoms with Gasteiger partial charge >= 0.3 is 168 Å². The average molecular weight is 414 g/mol. The first-order valence-corrected chi connectivity index (χ1v) is 12.2. The van der Waals surface area contributed by atoms with Crippen LogP contribution in [0.4, 0.5) is 0 Å². The predicted molar refractivity (Wildman–Crippen MR) is 109 cm³/mol. The van der Waals surface area contributed by atoms with Gasteiger partial charge in [-0.3, -0.25) is 0 Å². The summed E-state index contributed by atoms with van der Waals surface area (Å²) in [6.07, 6.45) is 4.74. The molecule has 134 valence electrons. The van der Waals surface area contributed by atoms with Crippen LogP contribution in [-0.4, -0.2) is 0 Å². The van der Waals surface area contributed by atoms with E-state index in [-0.39, 0.29) is 0 Å². The Balaban J connectivity index is 2.52. The molecule has 0 aromatic heterocycles. The standard InChI is InChI=1S/C16H21.C8H13.Zr/c1-10(2)13-8-14-6-12(5)7-16(14)15(9-13)11(3)4;1-5-7(3)8(4)6-2;/h6-11H,1-5H3;5H,1-4H3;/b;7-5+,8-6?;. The summed E-state index contributed by atoms with van der Waals surface area (Å²) in [4.78, 5) is 0. The molecule has 1 atom stereocenters. The van der Waals surface area contributed by atoms with E-state index in [1.54, 1.807) is 20.0 Å². The second-order valence-electron chi connectivity index (χ2n) is 8.11. The van der Waals surface area contributed by atoms with Gasteiger partial charge in [0.25, 0.3) is 0 Å². The maximum atomic E-state index is 2.52. The number of hydrogen-bond donors (Lipinski definition) is 0. The third-order valence-electron chi connectivity index (χ3n) is 5.64. The Morgan fingerprint density at radius 2 is 1.68 bits per heavy atom. The van der Waals surface area contributed by atoms with Gasteiger partial charge < -0.3 is 0 Å². The molecule has 0 aliphatic heterocycles. The third kappa shape index (κ3) is 4.36.